The fourth-order valence-electron chi connectivity index (χ4n) is 3.28. The molecule has 0 unspecified atom stereocenters. The van der Waals surface area contributed by atoms with Gasteiger partial charge in [-0.2, -0.15) is 0 Å². The van der Waals surface area contributed by atoms with E-state index in [0.717, 1.165) is 18.5 Å². The maximum Gasteiger partial charge on any atom is 0.339 e. The number of aromatic nitrogens is 2. The number of carbonyl (C=O) groups is 2. The number of methoxy groups -OCH3 is 1. The summed E-state index contributed by atoms with van der Waals surface area (Å²) in [4.78, 5) is 34.6. The summed E-state index contributed by atoms with van der Waals surface area (Å²) >= 11 is 0. The molecule has 1 aliphatic carbocycles. The number of nitrogens with one attached hydrogen (secondary N) is 1. The van der Waals surface area contributed by atoms with Gasteiger partial charge in [0.05, 0.1) is 24.4 Å². The van der Waals surface area contributed by atoms with Crippen molar-refractivity contribution in [1.29, 1.82) is 0 Å². The molecule has 6 nitrogen and oxygen atoms in total. The Hall–Kier alpha value is -2.63. The lowest BCUT2D eigenvalue weighted by Crippen LogP contribution is -2.36. The van der Waals surface area contributed by atoms with Gasteiger partial charge in [-0.05, 0) is 51.3 Å². The normalized spacial score (nSPS) is 14.9. The van der Waals surface area contributed by atoms with E-state index in [1.54, 1.807) is 20.0 Å². The SMILES string of the molecule is COC(=O)c1c(C)[nH]c(C(=O)N(C2CC2)[C@H](C)c2ccccn2)c1C. The highest BCUT2D eigenvalue weighted by Gasteiger charge is 2.38. The third-order valence-corrected chi connectivity index (χ3v) is 4.75. The minimum absolute atomic E-state index is 0.101. The molecule has 132 valence electrons. The van der Waals surface area contributed by atoms with Gasteiger partial charge in [0.2, 0.25) is 0 Å². The van der Waals surface area contributed by atoms with E-state index in [-0.39, 0.29) is 18.0 Å². The van der Waals surface area contributed by atoms with Crippen LogP contribution in [0, 0.1) is 13.8 Å². The lowest BCUT2D eigenvalue weighted by atomic mass is 10.1. The number of ether oxygens (including phenoxy) is 1. The largest absolute Gasteiger partial charge is 0.465 e. The average molecular weight is 341 g/mol. The predicted molar refractivity (Wildman–Crippen MR) is 93.4 cm³/mol. The second-order valence-electron chi connectivity index (χ2n) is 6.49. The number of carbonyl (C=O) groups excluding carboxylic acids is 2. The molecule has 1 aliphatic rings. The molecule has 0 aromatic carbocycles. The lowest BCUT2D eigenvalue weighted by Gasteiger charge is -2.29. The number of esters is 1. The van der Waals surface area contributed by atoms with Gasteiger partial charge in [-0.1, -0.05) is 6.07 Å². The van der Waals surface area contributed by atoms with Crippen LogP contribution in [0.25, 0.3) is 0 Å². The van der Waals surface area contributed by atoms with Crippen molar-refractivity contribution >= 4 is 11.9 Å². The van der Waals surface area contributed by atoms with E-state index < -0.39 is 5.97 Å². The minimum atomic E-state index is -0.430. The van der Waals surface area contributed by atoms with Gasteiger partial charge >= 0.3 is 5.97 Å². The Morgan fingerprint density at radius 1 is 1.32 bits per heavy atom. The Bertz CT molecular complexity index is 794. The van der Waals surface area contributed by atoms with Gasteiger partial charge in [-0.15, -0.1) is 0 Å². The van der Waals surface area contributed by atoms with Crippen LogP contribution in [0.4, 0.5) is 0 Å². The number of H-pyrrole nitrogens is 1. The Morgan fingerprint density at radius 2 is 2.04 bits per heavy atom. The van der Waals surface area contributed by atoms with Crippen molar-refractivity contribution in [2.24, 2.45) is 0 Å². The second-order valence-corrected chi connectivity index (χ2v) is 6.49. The summed E-state index contributed by atoms with van der Waals surface area (Å²) in [6.07, 6.45) is 3.72. The molecule has 2 heterocycles. The summed E-state index contributed by atoms with van der Waals surface area (Å²) < 4.78 is 4.83. The average Bonchev–Trinajstić information content (AvgIpc) is 3.40. The zero-order valence-corrected chi connectivity index (χ0v) is 15.0. The molecular weight excluding hydrogens is 318 g/mol. The number of amides is 1. The van der Waals surface area contributed by atoms with Crippen molar-refractivity contribution in [2.45, 2.75) is 45.7 Å². The molecule has 0 radical (unpaired) electrons. The summed E-state index contributed by atoms with van der Waals surface area (Å²) in [6, 6.07) is 5.80. The first-order valence-electron chi connectivity index (χ1n) is 8.46. The van der Waals surface area contributed by atoms with Crippen molar-refractivity contribution in [3.63, 3.8) is 0 Å². The van der Waals surface area contributed by atoms with E-state index in [0.29, 0.717) is 22.5 Å². The molecule has 0 aliphatic heterocycles. The first-order chi connectivity index (χ1) is 12.0. The molecule has 6 heteroatoms. The van der Waals surface area contributed by atoms with Gasteiger partial charge in [0, 0.05) is 17.9 Å². The second kappa shape index (κ2) is 6.70. The molecule has 2 aromatic heterocycles. The summed E-state index contributed by atoms with van der Waals surface area (Å²) in [5.74, 6) is -0.530. The summed E-state index contributed by atoms with van der Waals surface area (Å²) in [5.41, 5.74) is 3.03. The molecule has 1 amide bonds. The zero-order chi connectivity index (χ0) is 18.1. The van der Waals surface area contributed by atoms with Crippen molar-refractivity contribution < 1.29 is 14.3 Å². The van der Waals surface area contributed by atoms with Crippen LogP contribution < -0.4 is 0 Å². The molecule has 1 atom stereocenters. The molecular formula is C19H23N3O3. The third-order valence-electron chi connectivity index (χ3n) is 4.75. The maximum absolute atomic E-state index is 13.3. The van der Waals surface area contributed by atoms with E-state index >= 15 is 0 Å². The van der Waals surface area contributed by atoms with E-state index in [9.17, 15) is 9.59 Å². The van der Waals surface area contributed by atoms with Crippen molar-refractivity contribution in [3.05, 3.63) is 52.6 Å². The summed E-state index contributed by atoms with van der Waals surface area (Å²) in [7, 11) is 1.34. The number of aromatic amines is 1. The van der Waals surface area contributed by atoms with Crippen LogP contribution in [-0.4, -0.2) is 39.9 Å². The number of aryl methyl sites for hydroxylation is 1. The van der Waals surface area contributed by atoms with Crippen LogP contribution in [-0.2, 0) is 4.74 Å². The molecule has 2 aromatic rings. The first kappa shape index (κ1) is 17.2. The highest BCUT2D eigenvalue weighted by molar-refractivity contribution is 6.00. The molecule has 1 N–H and O–H groups in total. The number of pyridine rings is 1. The van der Waals surface area contributed by atoms with E-state index in [4.69, 9.17) is 4.74 Å². The van der Waals surface area contributed by atoms with E-state index in [2.05, 4.69) is 9.97 Å². The Balaban J connectivity index is 1.96. The molecule has 1 saturated carbocycles. The predicted octanol–water partition coefficient (Wildman–Crippen LogP) is 3.18. The highest BCUT2D eigenvalue weighted by Crippen LogP contribution is 2.35. The van der Waals surface area contributed by atoms with Crippen molar-refractivity contribution in [3.8, 4) is 0 Å². The third kappa shape index (κ3) is 3.16. The molecule has 25 heavy (non-hydrogen) atoms. The standard InChI is InChI=1S/C19H23N3O3/c1-11-16(19(24)25-4)12(2)21-17(11)18(23)22(14-8-9-14)13(3)15-7-5-6-10-20-15/h5-7,10,13-14,21H,8-9H2,1-4H3/t13-/m1/s1. The van der Waals surface area contributed by atoms with Gasteiger partial charge in [0.25, 0.3) is 5.91 Å². The Kier molecular flexibility index (Phi) is 4.61. The number of nitrogens with zero attached hydrogens (tertiary/aromatic N) is 2. The molecule has 1 fully saturated rings. The monoisotopic (exact) mass is 341 g/mol. The molecule has 0 saturated heterocycles. The molecule has 0 bridgehead atoms. The van der Waals surface area contributed by atoms with Crippen LogP contribution in [0.15, 0.2) is 24.4 Å². The zero-order valence-electron chi connectivity index (χ0n) is 15.0. The van der Waals surface area contributed by atoms with Crippen LogP contribution in [0.5, 0.6) is 0 Å². The van der Waals surface area contributed by atoms with E-state index in [1.807, 2.05) is 30.0 Å². The van der Waals surface area contributed by atoms with Crippen molar-refractivity contribution in [2.75, 3.05) is 7.11 Å². The van der Waals surface area contributed by atoms with Crippen LogP contribution >= 0.6 is 0 Å². The fraction of sp³-hybridized carbons (Fsp3) is 0.421. The van der Waals surface area contributed by atoms with Crippen LogP contribution in [0.1, 0.15) is 63.6 Å². The highest BCUT2D eigenvalue weighted by atomic mass is 16.5. The Labute approximate surface area is 147 Å². The topological polar surface area (TPSA) is 75.3 Å². The fourth-order valence-corrected chi connectivity index (χ4v) is 3.28. The quantitative estimate of drug-likeness (QED) is 0.848. The van der Waals surface area contributed by atoms with Gasteiger partial charge in [-0.3, -0.25) is 9.78 Å². The number of rotatable bonds is 5. The minimum Gasteiger partial charge on any atom is -0.465 e. The number of hydrogen-bond acceptors (Lipinski definition) is 4. The van der Waals surface area contributed by atoms with Gasteiger partial charge in [-0.25, -0.2) is 4.79 Å². The first-order valence-corrected chi connectivity index (χ1v) is 8.46. The van der Waals surface area contributed by atoms with Gasteiger partial charge in [0.1, 0.15) is 5.69 Å². The van der Waals surface area contributed by atoms with Crippen molar-refractivity contribution in [1.82, 2.24) is 14.9 Å². The van der Waals surface area contributed by atoms with Gasteiger partial charge < -0.3 is 14.6 Å². The van der Waals surface area contributed by atoms with Crippen LogP contribution in [0.3, 0.4) is 0 Å². The summed E-state index contributed by atoms with van der Waals surface area (Å²) in [6.45, 7) is 5.55. The van der Waals surface area contributed by atoms with Gasteiger partial charge in [0.15, 0.2) is 0 Å². The number of hydrogen-bond donors (Lipinski definition) is 1. The Morgan fingerprint density at radius 3 is 2.60 bits per heavy atom. The smallest absolute Gasteiger partial charge is 0.339 e. The lowest BCUT2D eigenvalue weighted by molar-refractivity contribution is 0.0599. The molecule has 3 rings (SSSR count). The van der Waals surface area contributed by atoms with E-state index in [1.165, 1.54) is 7.11 Å². The maximum atomic E-state index is 13.3. The molecule has 0 spiro atoms. The van der Waals surface area contributed by atoms with Crippen LogP contribution in [0.2, 0.25) is 0 Å². The summed E-state index contributed by atoms with van der Waals surface area (Å²) in [5, 5.41) is 0.